The maximum absolute atomic E-state index is 14.6. The molecule has 0 bridgehead atoms. The van der Waals surface area contributed by atoms with Gasteiger partial charge in [-0.05, 0) is 83.5 Å². The molecule has 17 atom stereocenters. The van der Waals surface area contributed by atoms with Crippen molar-refractivity contribution < 1.29 is 184 Å². The van der Waals surface area contributed by atoms with Crippen LogP contribution in [0.25, 0.3) is 0 Å². The number of nitrogens with one attached hydrogen (secondary N) is 8. The van der Waals surface area contributed by atoms with Crippen molar-refractivity contribution >= 4 is 107 Å². The molecular formula is C79H113F5N8O34. The summed E-state index contributed by atoms with van der Waals surface area (Å²) in [7, 11) is 0. The lowest BCUT2D eigenvalue weighted by molar-refractivity contribution is -0.277. The first-order valence-electron chi connectivity index (χ1n) is 40.7. The van der Waals surface area contributed by atoms with E-state index >= 15 is 0 Å². The van der Waals surface area contributed by atoms with Gasteiger partial charge in [0.2, 0.25) is 82.1 Å². The van der Waals surface area contributed by atoms with Crippen LogP contribution >= 0.6 is 0 Å². The second kappa shape index (κ2) is 55.5. The van der Waals surface area contributed by atoms with Crippen molar-refractivity contribution in [2.75, 3.05) is 59.3 Å². The number of carbonyl (C=O) groups excluding carboxylic acids is 18. The molecule has 3 fully saturated rings. The summed E-state index contributed by atoms with van der Waals surface area (Å²) < 4.78 is 159. The third-order valence-corrected chi connectivity index (χ3v) is 18.5. The summed E-state index contributed by atoms with van der Waals surface area (Å²) in [6.45, 7) is 10.8. The number of halogens is 5. The van der Waals surface area contributed by atoms with Crippen LogP contribution in [-0.2, 0) is 157 Å². The zero-order valence-corrected chi connectivity index (χ0v) is 72.0. The van der Waals surface area contributed by atoms with Crippen molar-refractivity contribution in [3.63, 3.8) is 0 Å². The van der Waals surface area contributed by atoms with Crippen molar-refractivity contribution in [2.24, 2.45) is 0 Å². The molecule has 0 saturated carbocycles. The van der Waals surface area contributed by atoms with Crippen LogP contribution < -0.4 is 47.3 Å². The van der Waals surface area contributed by atoms with Gasteiger partial charge >= 0.3 is 59.7 Å². The van der Waals surface area contributed by atoms with Crippen molar-refractivity contribution in [1.29, 1.82) is 0 Å². The van der Waals surface area contributed by atoms with Gasteiger partial charge in [0.1, 0.15) is 68.3 Å². The van der Waals surface area contributed by atoms with Crippen LogP contribution in [0.4, 0.5) is 22.0 Å². The molecule has 1 aromatic rings. The highest BCUT2D eigenvalue weighted by Gasteiger charge is 2.55. The highest BCUT2D eigenvalue weighted by molar-refractivity contribution is 5.92. The molecule has 3 aliphatic heterocycles. The number of rotatable bonds is 52. The van der Waals surface area contributed by atoms with E-state index in [2.05, 4.69) is 47.3 Å². The fourth-order valence-corrected chi connectivity index (χ4v) is 13.1. The standard InChI is InChI=1S/C79H113F5N8O34/c1-39(93)88-65-72(120-48(10)102)68(117-45(7)99)53(36-114-42(4)96)123-77(65)111-33-20-15-26-56(105)85-30-18-13-24-51(75(109)87-32-23-29-59(108)126-71-63(83)61(81)60(80)62(82)64(71)84)92-76(110)52(91-58(107)28-17-22-35-113-79-67(90-41(3)95)74(122-50(12)104)70(119-47(9)101)55(125-79)38-116-44(6)98)25-14-19-31-86-57(106)27-16-21-34-112-78-66(89-40(2)94)73(121-49(11)103)69(118-46(8)100)54(124-78)37-115-43(5)97/h51-55,65-70,72-74,77-79H,13-38H2,1-12H3,(H,85,105)(H,86,106)(H,87,109)(H,88,93)(H,89,94)(H,90,95)(H,91,107)(H,92,110)/t51?,52?,53?,54?,55?,65?,66?,67?,68-,69-,70-,72+,73+,74+,77+,78+,79+/m0/s1. The molecule has 0 radical (unpaired) electrons. The zero-order valence-electron chi connectivity index (χ0n) is 72.0. The van der Waals surface area contributed by atoms with E-state index in [0.717, 1.165) is 83.1 Å². The average molecular weight is 1810 g/mol. The molecule has 708 valence electrons. The van der Waals surface area contributed by atoms with Gasteiger partial charge in [-0.1, -0.05) is 0 Å². The topological polar surface area (TPSA) is 551 Å². The van der Waals surface area contributed by atoms with E-state index in [0.29, 0.717) is 0 Å². The van der Waals surface area contributed by atoms with E-state index in [1.54, 1.807) is 0 Å². The quantitative estimate of drug-likeness (QED) is 0.00865. The van der Waals surface area contributed by atoms with E-state index in [4.69, 9.17) is 71.1 Å². The fourth-order valence-electron chi connectivity index (χ4n) is 13.1. The van der Waals surface area contributed by atoms with Crippen molar-refractivity contribution in [2.45, 2.75) is 296 Å². The van der Waals surface area contributed by atoms with Crippen LogP contribution in [0.1, 0.15) is 192 Å². The summed E-state index contributed by atoms with van der Waals surface area (Å²) in [6.07, 6.45) is -16.9. The number of carbonyl (C=O) groups is 18. The number of amides is 8. The minimum atomic E-state index is -2.51. The maximum Gasteiger partial charge on any atom is 0.311 e. The molecule has 126 heavy (non-hydrogen) atoms. The van der Waals surface area contributed by atoms with E-state index in [1.165, 1.54) is 0 Å². The molecule has 0 spiro atoms. The van der Waals surface area contributed by atoms with Crippen LogP contribution in [-0.4, -0.2) is 270 Å². The largest absolute Gasteiger partial charge is 0.463 e. The second-order valence-corrected chi connectivity index (χ2v) is 29.3. The SMILES string of the molecule is CC(=O)NC1[C@H](OCCCCC(=O)NCCCCC(NC(=O)CCCCO[C@@H]2OC(COC(C)=O)[C@H](OC(C)=O)[C@H](OC(C)=O)C2NC(C)=O)C(=O)NC(CCCCNC(=O)CCCCO[C@@H]2OC(COC(C)=O)[C@H](OC(C)=O)[C@H](OC(C)=O)C2NC(C)=O)C(=O)NCCCC(=O)Oc2c(F)c(F)c(F)c(F)c2F)OC(COC(C)=O)[C@H](OC(C)=O)[C@@H]1OC(C)=O. The lowest BCUT2D eigenvalue weighted by Gasteiger charge is -2.44. The number of benzene rings is 1. The van der Waals surface area contributed by atoms with Gasteiger partial charge in [0.05, 0.1) is 0 Å². The van der Waals surface area contributed by atoms with Crippen LogP contribution in [0.15, 0.2) is 0 Å². The summed E-state index contributed by atoms with van der Waals surface area (Å²) in [4.78, 5) is 228. The first-order valence-corrected chi connectivity index (χ1v) is 40.7. The zero-order chi connectivity index (χ0) is 94.0. The van der Waals surface area contributed by atoms with Gasteiger partial charge in [-0.2, -0.15) is 8.78 Å². The number of hydrogen-bond donors (Lipinski definition) is 8. The summed E-state index contributed by atoms with van der Waals surface area (Å²) >= 11 is 0. The monoisotopic (exact) mass is 1810 g/mol. The third-order valence-electron chi connectivity index (χ3n) is 18.5. The minimum absolute atomic E-state index is 0.00314. The van der Waals surface area contributed by atoms with Gasteiger partial charge in [0.25, 0.3) is 0 Å². The van der Waals surface area contributed by atoms with E-state index in [1.807, 2.05) is 0 Å². The van der Waals surface area contributed by atoms with Gasteiger partial charge in [-0.15, -0.1) is 0 Å². The van der Waals surface area contributed by atoms with Crippen LogP contribution in [0.2, 0.25) is 0 Å². The minimum Gasteiger partial charge on any atom is -0.463 e. The van der Waals surface area contributed by atoms with Crippen LogP contribution in [0.3, 0.4) is 0 Å². The predicted molar refractivity (Wildman–Crippen MR) is 413 cm³/mol. The lowest BCUT2D eigenvalue weighted by atomic mass is 9.96. The number of hydrogen-bond acceptors (Lipinski definition) is 34. The Kier molecular flexibility index (Phi) is 47.3. The van der Waals surface area contributed by atoms with Crippen molar-refractivity contribution in [3.05, 3.63) is 29.1 Å². The Morgan fingerprint density at radius 3 is 0.937 bits per heavy atom. The third kappa shape index (κ3) is 38.9. The number of esters is 10. The lowest BCUT2D eigenvalue weighted by Crippen LogP contribution is -2.66. The molecule has 8 N–H and O–H groups in total. The Labute approximate surface area is 721 Å². The Morgan fingerprint density at radius 2 is 0.619 bits per heavy atom. The van der Waals surface area contributed by atoms with E-state index < -0.39 is 279 Å². The van der Waals surface area contributed by atoms with Gasteiger partial charge < -0.3 is 118 Å². The number of ether oxygens (including phenoxy) is 16. The van der Waals surface area contributed by atoms with Crippen molar-refractivity contribution in [3.8, 4) is 5.75 Å². The average Bonchev–Trinajstić information content (AvgIpc) is 0.798. The van der Waals surface area contributed by atoms with Gasteiger partial charge in [-0.25, -0.2) is 13.2 Å². The second-order valence-electron chi connectivity index (χ2n) is 29.3. The van der Waals surface area contributed by atoms with Crippen molar-refractivity contribution in [1.82, 2.24) is 42.5 Å². The van der Waals surface area contributed by atoms with Gasteiger partial charge in [0, 0.05) is 148 Å². The Bertz CT molecular complexity index is 3890. The molecule has 3 saturated heterocycles. The van der Waals surface area contributed by atoms with Crippen LogP contribution in [0.5, 0.6) is 5.75 Å². The molecule has 42 nitrogen and oxygen atoms in total. The van der Waals surface area contributed by atoms with Gasteiger partial charge in [0.15, 0.2) is 55.5 Å². The highest BCUT2D eigenvalue weighted by Crippen LogP contribution is 2.34. The molecule has 3 aliphatic rings. The molecular weight excluding hydrogens is 1700 g/mol. The summed E-state index contributed by atoms with van der Waals surface area (Å²) in [5.41, 5.74) is 0. The van der Waals surface area contributed by atoms with E-state index in [9.17, 15) is 108 Å². The number of unbranched alkanes of at least 4 members (excludes halogenated alkanes) is 5. The highest BCUT2D eigenvalue weighted by atomic mass is 19.2. The normalized spacial score (nSPS) is 22.3. The summed E-state index contributed by atoms with van der Waals surface area (Å²) in [5.74, 6) is -28.0. The first kappa shape index (κ1) is 107. The fraction of sp³-hybridized carbons (Fsp3) is 0.696. The predicted octanol–water partition coefficient (Wildman–Crippen LogP) is 1.26. The molecule has 1 aromatic carbocycles. The molecule has 0 aromatic heterocycles. The Balaban J connectivity index is 1.52. The Morgan fingerprint density at radius 1 is 0.317 bits per heavy atom. The molecule has 4 rings (SSSR count). The molecule has 0 aliphatic carbocycles. The van der Waals surface area contributed by atoms with E-state index in [-0.39, 0.29) is 136 Å². The molecule has 3 heterocycles. The smallest absolute Gasteiger partial charge is 0.311 e. The molecule has 8 amide bonds. The summed E-state index contributed by atoms with van der Waals surface area (Å²) in [6, 6.07) is -6.74. The summed E-state index contributed by atoms with van der Waals surface area (Å²) in [5, 5.41) is 21.0. The molecule has 47 heteroatoms. The maximum atomic E-state index is 14.6. The Hall–Kier alpha value is -10.9. The van der Waals surface area contributed by atoms with Crippen LogP contribution in [0, 0.1) is 29.1 Å². The molecule has 8 unspecified atom stereocenters. The van der Waals surface area contributed by atoms with Gasteiger partial charge in [-0.3, -0.25) is 86.3 Å². The first-order chi connectivity index (χ1) is 59.5.